The Morgan fingerprint density at radius 1 is 1.29 bits per heavy atom. The largest absolute Gasteiger partial charge is 0.486 e. The number of nitro benzene ring substituents is 1. The maximum absolute atomic E-state index is 12.1. The third-order valence-electron chi connectivity index (χ3n) is 3.55. The van der Waals surface area contributed by atoms with E-state index in [9.17, 15) is 14.9 Å². The van der Waals surface area contributed by atoms with Gasteiger partial charge in [-0.1, -0.05) is 12.1 Å². The highest BCUT2D eigenvalue weighted by Gasteiger charge is 2.22. The van der Waals surface area contributed by atoms with E-state index >= 15 is 0 Å². The van der Waals surface area contributed by atoms with Gasteiger partial charge in [0.25, 0.3) is 11.6 Å². The Hall–Kier alpha value is -3.29. The lowest BCUT2D eigenvalue weighted by Gasteiger charge is -2.26. The Labute approximate surface area is 137 Å². The Balaban J connectivity index is 1.62. The molecule has 0 spiro atoms. The molecule has 0 bridgehead atoms. The average Bonchev–Trinajstić information content (AvgIpc) is 2.59. The molecule has 1 heterocycles. The predicted octanol–water partition coefficient (Wildman–Crippen LogP) is 1.75. The molecule has 0 aliphatic carbocycles. The van der Waals surface area contributed by atoms with E-state index in [0.29, 0.717) is 18.1 Å². The number of ether oxygens (including phenoxy) is 2. The molecular formula is C16H15N3O5. The minimum Gasteiger partial charge on any atom is -0.486 e. The molecule has 0 fully saturated rings. The number of para-hydroxylation sites is 2. The summed E-state index contributed by atoms with van der Waals surface area (Å²) in [6.07, 6.45) is -0.340. The van der Waals surface area contributed by atoms with E-state index < -0.39 is 10.8 Å². The van der Waals surface area contributed by atoms with E-state index in [4.69, 9.17) is 15.2 Å². The highest BCUT2D eigenvalue weighted by Crippen LogP contribution is 2.30. The van der Waals surface area contributed by atoms with Crippen LogP contribution in [0.5, 0.6) is 11.5 Å². The van der Waals surface area contributed by atoms with Crippen molar-refractivity contribution >= 4 is 17.3 Å². The number of hydrogen-bond acceptors (Lipinski definition) is 6. The summed E-state index contributed by atoms with van der Waals surface area (Å²) < 4.78 is 11.3. The topological polar surface area (TPSA) is 117 Å². The van der Waals surface area contributed by atoms with Gasteiger partial charge in [-0.2, -0.15) is 0 Å². The number of fused-ring (bicyclic) bond motifs is 1. The molecule has 24 heavy (non-hydrogen) atoms. The number of benzene rings is 2. The van der Waals surface area contributed by atoms with Crippen LogP contribution in [0, 0.1) is 10.1 Å². The summed E-state index contributed by atoms with van der Waals surface area (Å²) in [6.45, 7) is 0.518. The van der Waals surface area contributed by atoms with E-state index in [0.717, 1.165) is 6.07 Å². The lowest BCUT2D eigenvalue weighted by molar-refractivity contribution is -0.383. The molecule has 1 atom stereocenters. The quantitative estimate of drug-likeness (QED) is 0.501. The molecule has 1 amide bonds. The molecule has 0 aromatic heterocycles. The molecule has 0 saturated carbocycles. The van der Waals surface area contributed by atoms with Crippen LogP contribution in [0.3, 0.4) is 0 Å². The van der Waals surface area contributed by atoms with Gasteiger partial charge < -0.3 is 20.5 Å². The molecule has 8 heteroatoms. The lowest BCUT2D eigenvalue weighted by Crippen LogP contribution is -2.40. The minimum atomic E-state index is -0.624. The number of nitrogens with two attached hydrogens (primary N) is 1. The van der Waals surface area contributed by atoms with E-state index in [1.807, 2.05) is 12.1 Å². The zero-order chi connectivity index (χ0) is 17.1. The normalized spacial score (nSPS) is 15.6. The van der Waals surface area contributed by atoms with Crippen LogP contribution < -0.4 is 20.5 Å². The van der Waals surface area contributed by atoms with Crippen molar-refractivity contribution in [3.63, 3.8) is 0 Å². The number of anilines is 1. The first-order chi connectivity index (χ1) is 11.5. The van der Waals surface area contributed by atoms with Crippen molar-refractivity contribution in [2.45, 2.75) is 6.10 Å². The van der Waals surface area contributed by atoms with Gasteiger partial charge in [0.2, 0.25) is 0 Å². The smallest absolute Gasteiger partial charge is 0.292 e. The van der Waals surface area contributed by atoms with E-state index in [1.54, 1.807) is 12.1 Å². The minimum absolute atomic E-state index is 0.0113. The van der Waals surface area contributed by atoms with Crippen molar-refractivity contribution in [3.8, 4) is 11.5 Å². The van der Waals surface area contributed by atoms with Gasteiger partial charge in [0.15, 0.2) is 11.5 Å². The lowest BCUT2D eigenvalue weighted by atomic mass is 10.1. The SMILES string of the molecule is Nc1ccc(C(=O)NC[C@H]2COc3ccccc3O2)cc1[N+](=O)[O-]. The maximum Gasteiger partial charge on any atom is 0.292 e. The molecular weight excluding hydrogens is 314 g/mol. The Morgan fingerprint density at radius 2 is 2.04 bits per heavy atom. The molecule has 0 unspecified atom stereocenters. The van der Waals surface area contributed by atoms with Crippen molar-refractivity contribution in [2.75, 3.05) is 18.9 Å². The fourth-order valence-corrected chi connectivity index (χ4v) is 2.32. The summed E-state index contributed by atoms with van der Waals surface area (Å²) in [4.78, 5) is 22.4. The Kier molecular flexibility index (Phi) is 4.19. The first-order valence-electron chi connectivity index (χ1n) is 7.25. The Bertz CT molecular complexity index is 793. The molecule has 2 aromatic rings. The van der Waals surface area contributed by atoms with Gasteiger partial charge in [0.1, 0.15) is 18.4 Å². The van der Waals surface area contributed by atoms with Crippen molar-refractivity contribution in [1.29, 1.82) is 0 Å². The summed E-state index contributed by atoms with van der Waals surface area (Å²) in [5.41, 5.74) is 5.39. The van der Waals surface area contributed by atoms with Crippen LogP contribution in [0.4, 0.5) is 11.4 Å². The van der Waals surface area contributed by atoms with Gasteiger partial charge in [-0.05, 0) is 24.3 Å². The molecule has 1 aliphatic rings. The standard InChI is InChI=1S/C16H15N3O5/c17-12-6-5-10(7-13(12)19(21)22)16(20)18-8-11-9-23-14-3-1-2-4-15(14)24-11/h1-7,11H,8-9,17H2,(H,18,20)/t11-/m0/s1. The molecule has 3 N–H and O–H groups in total. The molecule has 1 aliphatic heterocycles. The van der Waals surface area contributed by atoms with Gasteiger partial charge >= 0.3 is 0 Å². The summed E-state index contributed by atoms with van der Waals surface area (Å²) in [6, 6.07) is 11.2. The van der Waals surface area contributed by atoms with Crippen LogP contribution in [0.25, 0.3) is 0 Å². The summed E-state index contributed by atoms with van der Waals surface area (Å²) in [5, 5.41) is 13.6. The summed E-state index contributed by atoms with van der Waals surface area (Å²) in [5.74, 6) is 0.834. The van der Waals surface area contributed by atoms with E-state index in [-0.39, 0.29) is 29.6 Å². The molecule has 3 rings (SSSR count). The van der Waals surface area contributed by atoms with E-state index in [2.05, 4.69) is 5.32 Å². The number of rotatable bonds is 4. The van der Waals surface area contributed by atoms with Crippen LogP contribution >= 0.6 is 0 Å². The monoisotopic (exact) mass is 329 g/mol. The zero-order valence-electron chi connectivity index (χ0n) is 12.6. The fraction of sp³-hybridized carbons (Fsp3) is 0.188. The third kappa shape index (κ3) is 3.22. The van der Waals surface area contributed by atoms with Gasteiger partial charge in [0.05, 0.1) is 11.5 Å². The number of nitrogens with zero attached hydrogens (tertiary/aromatic N) is 1. The zero-order valence-corrected chi connectivity index (χ0v) is 12.6. The number of amides is 1. The second-order valence-electron chi connectivity index (χ2n) is 5.24. The van der Waals surface area contributed by atoms with Gasteiger partial charge in [-0.15, -0.1) is 0 Å². The summed E-state index contributed by atoms with van der Waals surface area (Å²) in [7, 11) is 0. The van der Waals surface area contributed by atoms with Gasteiger partial charge in [-0.3, -0.25) is 14.9 Å². The van der Waals surface area contributed by atoms with Gasteiger partial charge in [-0.25, -0.2) is 0 Å². The number of carbonyl (C=O) groups is 1. The first kappa shape index (κ1) is 15.6. The Morgan fingerprint density at radius 3 is 2.79 bits per heavy atom. The average molecular weight is 329 g/mol. The first-order valence-corrected chi connectivity index (χ1v) is 7.25. The van der Waals surface area contributed by atoms with Crippen LogP contribution in [-0.2, 0) is 0 Å². The second kappa shape index (κ2) is 6.45. The molecule has 8 nitrogen and oxygen atoms in total. The second-order valence-corrected chi connectivity index (χ2v) is 5.24. The number of nitrogens with one attached hydrogen (secondary N) is 1. The molecule has 2 aromatic carbocycles. The van der Waals surface area contributed by atoms with Crippen molar-refractivity contribution in [1.82, 2.24) is 5.32 Å². The fourth-order valence-electron chi connectivity index (χ4n) is 2.32. The van der Waals surface area contributed by atoms with Crippen molar-refractivity contribution in [3.05, 3.63) is 58.1 Å². The molecule has 0 saturated heterocycles. The third-order valence-corrected chi connectivity index (χ3v) is 3.55. The van der Waals surface area contributed by atoms with Crippen LogP contribution in [0.2, 0.25) is 0 Å². The molecule has 124 valence electrons. The number of nitrogen functional groups attached to an aromatic ring is 1. The van der Waals surface area contributed by atoms with Crippen LogP contribution in [0.1, 0.15) is 10.4 Å². The highest BCUT2D eigenvalue weighted by atomic mass is 16.6. The number of carbonyl (C=O) groups excluding carboxylic acids is 1. The number of hydrogen-bond donors (Lipinski definition) is 2. The molecule has 0 radical (unpaired) electrons. The maximum atomic E-state index is 12.1. The van der Waals surface area contributed by atoms with Crippen LogP contribution in [0.15, 0.2) is 42.5 Å². The summed E-state index contributed by atoms with van der Waals surface area (Å²) >= 11 is 0. The van der Waals surface area contributed by atoms with Crippen molar-refractivity contribution < 1.29 is 19.2 Å². The van der Waals surface area contributed by atoms with Gasteiger partial charge in [0, 0.05) is 11.6 Å². The van der Waals surface area contributed by atoms with E-state index in [1.165, 1.54) is 12.1 Å². The van der Waals surface area contributed by atoms with Crippen LogP contribution in [-0.4, -0.2) is 30.1 Å². The highest BCUT2D eigenvalue weighted by molar-refractivity contribution is 5.95. The number of nitro groups is 1. The van der Waals surface area contributed by atoms with Crippen molar-refractivity contribution in [2.24, 2.45) is 0 Å². The predicted molar refractivity (Wildman–Crippen MR) is 86.2 cm³/mol.